The van der Waals surface area contributed by atoms with Crippen molar-refractivity contribution in [1.29, 1.82) is 0 Å². The maximum Gasteiger partial charge on any atom is 0.313 e. The van der Waals surface area contributed by atoms with Gasteiger partial charge in [-0.05, 0) is 17.7 Å². The lowest BCUT2D eigenvalue weighted by molar-refractivity contribution is -0.119. The van der Waals surface area contributed by atoms with Crippen LogP contribution >= 0.6 is 0 Å². The van der Waals surface area contributed by atoms with E-state index < -0.39 is 18.0 Å². The molecule has 1 unspecified atom stereocenters. The standard InChI is InChI=1S/C8H10N4O2/c9-7(13)6(12-8(10)14)5-1-3-11-4-2-5/h1-4,6H,(H2,9,13)(H3,10,12,14). The molecule has 0 radical (unpaired) electrons. The number of nitrogens with two attached hydrogens (primary N) is 2. The van der Waals surface area contributed by atoms with Gasteiger partial charge in [0.25, 0.3) is 0 Å². The molecule has 0 fully saturated rings. The first-order valence-corrected chi connectivity index (χ1v) is 3.86. The third kappa shape index (κ3) is 2.44. The molecule has 6 nitrogen and oxygen atoms in total. The molecular weight excluding hydrogens is 184 g/mol. The third-order valence-corrected chi connectivity index (χ3v) is 1.61. The third-order valence-electron chi connectivity index (χ3n) is 1.61. The zero-order chi connectivity index (χ0) is 10.6. The summed E-state index contributed by atoms with van der Waals surface area (Å²) in [4.78, 5) is 25.3. The van der Waals surface area contributed by atoms with Crippen LogP contribution in [0.5, 0.6) is 0 Å². The minimum atomic E-state index is -0.907. The van der Waals surface area contributed by atoms with E-state index in [1.807, 2.05) is 0 Å². The summed E-state index contributed by atoms with van der Waals surface area (Å²) in [6.07, 6.45) is 2.99. The van der Waals surface area contributed by atoms with Crippen LogP contribution in [0.2, 0.25) is 0 Å². The fourth-order valence-electron chi connectivity index (χ4n) is 1.02. The SMILES string of the molecule is NC(=O)NC(C(N)=O)c1ccncc1. The van der Waals surface area contributed by atoms with Crippen molar-refractivity contribution in [3.8, 4) is 0 Å². The van der Waals surface area contributed by atoms with E-state index in [1.54, 1.807) is 12.1 Å². The monoisotopic (exact) mass is 194 g/mol. The fourth-order valence-corrected chi connectivity index (χ4v) is 1.02. The van der Waals surface area contributed by atoms with Crippen molar-refractivity contribution in [3.05, 3.63) is 30.1 Å². The summed E-state index contributed by atoms with van der Waals surface area (Å²) >= 11 is 0. The predicted molar refractivity (Wildman–Crippen MR) is 48.9 cm³/mol. The molecule has 0 aliphatic carbocycles. The van der Waals surface area contributed by atoms with Crippen LogP contribution in [0.15, 0.2) is 24.5 Å². The van der Waals surface area contributed by atoms with E-state index in [4.69, 9.17) is 11.5 Å². The average molecular weight is 194 g/mol. The van der Waals surface area contributed by atoms with Gasteiger partial charge >= 0.3 is 6.03 Å². The van der Waals surface area contributed by atoms with Crippen LogP contribution < -0.4 is 16.8 Å². The molecule has 1 aromatic rings. The molecule has 0 aliphatic rings. The quantitative estimate of drug-likeness (QED) is 0.590. The summed E-state index contributed by atoms with van der Waals surface area (Å²) in [6.45, 7) is 0. The number of nitrogens with zero attached hydrogens (tertiary/aromatic N) is 1. The lowest BCUT2D eigenvalue weighted by atomic mass is 10.1. The van der Waals surface area contributed by atoms with Crippen LogP contribution in [0.1, 0.15) is 11.6 Å². The summed E-state index contributed by atoms with van der Waals surface area (Å²) in [5.74, 6) is -0.671. The molecule has 0 bridgehead atoms. The van der Waals surface area contributed by atoms with Gasteiger partial charge in [-0.15, -0.1) is 0 Å². The van der Waals surface area contributed by atoms with Crippen molar-refractivity contribution in [2.24, 2.45) is 11.5 Å². The van der Waals surface area contributed by atoms with E-state index in [-0.39, 0.29) is 0 Å². The normalized spacial score (nSPS) is 11.7. The van der Waals surface area contributed by atoms with Crippen LogP contribution in [0, 0.1) is 0 Å². The molecule has 0 aliphatic heterocycles. The van der Waals surface area contributed by atoms with Crippen molar-refractivity contribution in [1.82, 2.24) is 10.3 Å². The number of rotatable bonds is 3. The predicted octanol–water partition coefficient (Wildman–Crippen LogP) is -0.724. The highest BCUT2D eigenvalue weighted by Gasteiger charge is 2.18. The van der Waals surface area contributed by atoms with Crippen LogP contribution in [-0.2, 0) is 4.79 Å². The average Bonchev–Trinajstić information content (AvgIpc) is 2.15. The van der Waals surface area contributed by atoms with Crippen LogP contribution in [0.3, 0.4) is 0 Å². The molecule has 74 valence electrons. The van der Waals surface area contributed by atoms with Crippen molar-refractivity contribution < 1.29 is 9.59 Å². The van der Waals surface area contributed by atoms with Gasteiger partial charge in [0.05, 0.1) is 0 Å². The smallest absolute Gasteiger partial charge is 0.313 e. The Morgan fingerprint density at radius 2 is 1.86 bits per heavy atom. The minimum Gasteiger partial charge on any atom is -0.368 e. The number of urea groups is 1. The lowest BCUT2D eigenvalue weighted by Crippen LogP contribution is -2.40. The maximum atomic E-state index is 11.0. The molecular formula is C8H10N4O2. The van der Waals surface area contributed by atoms with Gasteiger partial charge in [-0.2, -0.15) is 0 Å². The first-order chi connectivity index (χ1) is 6.61. The number of hydrogen-bond donors (Lipinski definition) is 3. The van der Waals surface area contributed by atoms with Crippen molar-refractivity contribution >= 4 is 11.9 Å². The van der Waals surface area contributed by atoms with E-state index in [0.717, 1.165) is 0 Å². The van der Waals surface area contributed by atoms with Gasteiger partial charge in [0, 0.05) is 12.4 Å². The molecule has 1 aromatic heterocycles. The molecule has 1 atom stereocenters. The Balaban J connectivity index is 2.89. The molecule has 0 saturated heterocycles. The summed E-state index contributed by atoms with van der Waals surface area (Å²) in [6, 6.07) is 1.44. The van der Waals surface area contributed by atoms with Gasteiger partial charge in [-0.1, -0.05) is 0 Å². The Morgan fingerprint density at radius 1 is 1.29 bits per heavy atom. The number of aromatic nitrogens is 1. The van der Waals surface area contributed by atoms with E-state index in [0.29, 0.717) is 5.56 Å². The Bertz CT molecular complexity index is 338. The highest BCUT2D eigenvalue weighted by atomic mass is 16.2. The number of carbonyl (C=O) groups is 2. The molecule has 0 spiro atoms. The Labute approximate surface area is 80.3 Å². The molecule has 1 rings (SSSR count). The van der Waals surface area contributed by atoms with Crippen molar-refractivity contribution in [2.45, 2.75) is 6.04 Å². The number of amides is 3. The zero-order valence-electron chi connectivity index (χ0n) is 7.31. The van der Waals surface area contributed by atoms with E-state index in [1.165, 1.54) is 12.4 Å². The van der Waals surface area contributed by atoms with E-state index in [9.17, 15) is 9.59 Å². The van der Waals surface area contributed by atoms with Gasteiger partial charge in [-0.3, -0.25) is 9.78 Å². The van der Waals surface area contributed by atoms with Crippen molar-refractivity contribution in [2.75, 3.05) is 0 Å². The second-order valence-electron chi connectivity index (χ2n) is 2.62. The topological polar surface area (TPSA) is 111 Å². The van der Waals surface area contributed by atoms with Gasteiger partial charge in [0.15, 0.2) is 0 Å². The Kier molecular flexibility index (Phi) is 3.01. The molecule has 3 amide bonds. The second kappa shape index (κ2) is 4.22. The minimum absolute atomic E-state index is 0.548. The van der Waals surface area contributed by atoms with Gasteiger partial charge in [0.2, 0.25) is 5.91 Å². The molecule has 5 N–H and O–H groups in total. The molecule has 14 heavy (non-hydrogen) atoms. The largest absolute Gasteiger partial charge is 0.368 e. The summed E-state index contributed by atoms with van der Waals surface area (Å²) in [7, 11) is 0. The van der Waals surface area contributed by atoms with Crippen molar-refractivity contribution in [3.63, 3.8) is 0 Å². The van der Waals surface area contributed by atoms with Crippen LogP contribution in [0.4, 0.5) is 4.79 Å². The molecule has 1 heterocycles. The number of hydrogen-bond acceptors (Lipinski definition) is 3. The van der Waals surface area contributed by atoms with Gasteiger partial charge < -0.3 is 16.8 Å². The highest BCUT2D eigenvalue weighted by molar-refractivity contribution is 5.86. The summed E-state index contributed by atoms with van der Waals surface area (Å²) in [5.41, 5.74) is 10.5. The summed E-state index contributed by atoms with van der Waals surface area (Å²) in [5, 5.41) is 2.23. The fraction of sp³-hybridized carbons (Fsp3) is 0.125. The van der Waals surface area contributed by atoms with Gasteiger partial charge in [0.1, 0.15) is 6.04 Å². The van der Waals surface area contributed by atoms with Crippen LogP contribution in [-0.4, -0.2) is 16.9 Å². The van der Waals surface area contributed by atoms with E-state index >= 15 is 0 Å². The maximum absolute atomic E-state index is 11.0. The number of nitrogens with one attached hydrogen (secondary N) is 1. The number of pyridine rings is 1. The second-order valence-corrected chi connectivity index (χ2v) is 2.62. The Morgan fingerprint density at radius 3 is 2.29 bits per heavy atom. The zero-order valence-corrected chi connectivity index (χ0v) is 7.31. The first-order valence-electron chi connectivity index (χ1n) is 3.86. The Hall–Kier alpha value is -2.11. The lowest BCUT2D eigenvalue weighted by Gasteiger charge is -2.13. The molecule has 0 aromatic carbocycles. The summed E-state index contributed by atoms with van der Waals surface area (Å²) < 4.78 is 0. The molecule has 0 saturated carbocycles. The van der Waals surface area contributed by atoms with Gasteiger partial charge in [-0.25, -0.2) is 4.79 Å². The first kappa shape index (κ1) is 9.97. The molecule has 6 heteroatoms. The number of primary amides is 2. The number of carbonyl (C=O) groups excluding carboxylic acids is 2. The van der Waals surface area contributed by atoms with E-state index in [2.05, 4.69) is 10.3 Å². The van der Waals surface area contributed by atoms with Crippen LogP contribution in [0.25, 0.3) is 0 Å². The highest BCUT2D eigenvalue weighted by Crippen LogP contribution is 2.09.